The SMILES string of the molecule is O=C(NCc1ccc(C(O)c2ccccc2)s1)C(=O)Nc1ccc(F)c(F)c1. The lowest BCUT2D eigenvalue weighted by Gasteiger charge is -2.08. The molecule has 1 heterocycles. The Balaban J connectivity index is 1.55. The van der Waals surface area contributed by atoms with Crippen LogP contribution in [0.1, 0.15) is 21.4 Å². The lowest BCUT2D eigenvalue weighted by molar-refractivity contribution is -0.136. The highest BCUT2D eigenvalue weighted by Gasteiger charge is 2.16. The van der Waals surface area contributed by atoms with Crippen molar-refractivity contribution in [3.63, 3.8) is 0 Å². The minimum Gasteiger partial charge on any atom is -0.383 e. The fraction of sp³-hybridized carbons (Fsp3) is 0.100. The molecular formula is C20H16F2N2O3S. The summed E-state index contributed by atoms with van der Waals surface area (Å²) in [7, 11) is 0. The van der Waals surface area contributed by atoms with Gasteiger partial charge in [0.1, 0.15) is 6.10 Å². The van der Waals surface area contributed by atoms with Crippen molar-refractivity contribution in [2.24, 2.45) is 0 Å². The van der Waals surface area contributed by atoms with Crippen LogP contribution in [0.5, 0.6) is 0 Å². The molecule has 0 aliphatic heterocycles. The Bertz CT molecular complexity index is 992. The van der Waals surface area contributed by atoms with Gasteiger partial charge in [-0.1, -0.05) is 30.3 Å². The molecule has 144 valence electrons. The van der Waals surface area contributed by atoms with Crippen LogP contribution in [0.25, 0.3) is 0 Å². The van der Waals surface area contributed by atoms with Crippen LogP contribution in [0.4, 0.5) is 14.5 Å². The Morgan fingerprint density at radius 2 is 1.71 bits per heavy atom. The lowest BCUT2D eigenvalue weighted by Crippen LogP contribution is -2.34. The molecule has 2 aromatic carbocycles. The highest BCUT2D eigenvalue weighted by molar-refractivity contribution is 7.12. The quantitative estimate of drug-likeness (QED) is 0.573. The van der Waals surface area contributed by atoms with E-state index >= 15 is 0 Å². The van der Waals surface area contributed by atoms with Gasteiger partial charge in [-0.3, -0.25) is 9.59 Å². The summed E-state index contributed by atoms with van der Waals surface area (Å²) in [5.74, 6) is -4.08. The van der Waals surface area contributed by atoms with Gasteiger partial charge in [-0.2, -0.15) is 0 Å². The van der Waals surface area contributed by atoms with Gasteiger partial charge in [-0.25, -0.2) is 8.78 Å². The number of thiophene rings is 1. The molecule has 0 saturated heterocycles. The summed E-state index contributed by atoms with van der Waals surface area (Å²) in [6.07, 6.45) is -0.771. The third kappa shape index (κ3) is 4.79. The number of aliphatic hydroxyl groups is 1. The van der Waals surface area contributed by atoms with E-state index in [1.54, 1.807) is 12.1 Å². The molecule has 0 spiro atoms. The maximum absolute atomic E-state index is 13.1. The molecule has 0 bridgehead atoms. The van der Waals surface area contributed by atoms with E-state index in [-0.39, 0.29) is 12.2 Å². The van der Waals surface area contributed by atoms with Crippen molar-refractivity contribution >= 4 is 28.8 Å². The first-order valence-electron chi connectivity index (χ1n) is 8.30. The zero-order chi connectivity index (χ0) is 20.1. The molecule has 0 radical (unpaired) electrons. The Kier molecular flexibility index (Phi) is 6.13. The lowest BCUT2D eigenvalue weighted by atomic mass is 10.1. The zero-order valence-corrected chi connectivity index (χ0v) is 15.3. The molecule has 0 aliphatic carbocycles. The van der Waals surface area contributed by atoms with Gasteiger partial charge in [0, 0.05) is 21.5 Å². The summed E-state index contributed by atoms with van der Waals surface area (Å²) in [6.45, 7) is 0.0935. The molecule has 2 amide bonds. The summed E-state index contributed by atoms with van der Waals surface area (Å²) >= 11 is 1.31. The first kappa shape index (κ1) is 19.7. The van der Waals surface area contributed by atoms with Crippen molar-refractivity contribution < 1.29 is 23.5 Å². The maximum Gasteiger partial charge on any atom is 0.313 e. The largest absolute Gasteiger partial charge is 0.383 e. The van der Waals surface area contributed by atoms with Gasteiger partial charge in [-0.15, -0.1) is 11.3 Å². The van der Waals surface area contributed by atoms with E-state index in [0.29, 0.717) is 4.88 Å². The molecule has 1 aromatic heterocycles. The van der Waals surface area contributed by atoms with Crippen LogP contribution in [0.15, 0.2) is 60.7 Å². The molecule has 1 unspecified atom stereocenters. The van der Waals surface area contributed by atoms with E-state index in [0.717, 1.165) is 28.6 Å². The molecular weight excluding hydrogens is 386 g/mol. The van der Waals surface area contributed by atoms with Gasteiger partial charge in [-0.05, 0) is 29.8 Å². The van der Waals surface area contributed by atoms with E-state index in [1.807, 2.05) is 30.3 Å². The normalized spacial score (nSPS) is 11.7. The van der Waals surface area contributed by atoms with E-state index in [9.17, 15) is 23.5 Å². The Labute approximate surface area is 163 Å². The summed E-state index contributed by atoms with van der Waals surface area (Å²) in [5, 5.41) is 15.0. The van der Waals surface area contributed by atoms with Crippen molar-refractivity contribution in [3.05, 3.63) is 87.6 Å². The molecule has 8 heteroatoms. The third-order valence-electron chi connectivity index (χ3n) is 3.87. The maximum atomic E-state index is 13.1. The fourth-order valence-corrected chi connectivity index (χ4v) is 3.41. The average molecular weight is 402 g/mol. The van der Waals surface area contributed by atoms with E-state index in [1.165, 1.54) is 11.3 Å². The second-order valence-corrected chi connectivity index (χ2v) is 7.08. The second-order valence-electron chi connectivity index (χ2n) is 5.88. The summed E-state index contributed by atoms with van der Waals surface area (Å²) in [5.41, 5.74) is 0.731. The molecule has 0 saturated carbocycles. The van der Waals surface area contributed by atoms with Crippen LogP contribution in [0.3, 0.4) is 0 Å². The molecule has 3 aromatic rings. The zero-order valence-electron chi connectivity index (χ0n) is 14.5. The van der Waals surface area contributed by atoms with Crippen LogP contribution in [0.2, 0.25) is 0 Å². The number of nitrogens with one attached hydrogen (secondary N) is 2. The summed E-state index contributed by atoms with van der Waals surface area (Å²) in [4.78, 5) is 25.2. The molecule has 0 fully saturated rings. The average Bonchev–Trinajstić information content (AvgIpc) is 3.18. The van der Waals surface area contributed by atoms with Crippen LogP contribution in [-0.4, -0.2) is 16.9 Å². The number of hydrogen-bond acceptors (Lipinski definition) is 4. The van der Waals surface area contributed by atoms with Crippen LogP contribution in [0, 0.1) is 11.6 Å². The smallest absolute Gasteiger partial charge is 0.313 e. The Hall–Kier alpha value is -3.10. The first-order chi connectivity index (χ1) is 13.4. The number of carbonyl (C=O) groups excluding carboxylic acids is 2. The van der Waals surface area contributed by atoms with Gasteiger partial charge in [0.15, 0.2) is 11.6 Å². The highest BCUT2D eigenvalue weighted by atomic mass is 32.1. The van der Waals surface area contributed by atoms with Gasteiger partial charge in [0.25, 0.3) is 0 Å². The molecule has 3 rings (SSSR count). The van der Waals surface area contributed by atoms with Crippen molar-refractivity contribution in [2.45, 2.75) is 12.6 Å². The monoisotopic (exact) mass is 402 g/mol. The minimum atomic E-state index is -1.12. The van der Waals surface area contributed by atoms with Crippen LogP contribution >= 0.6 is 11.3 Å². The van der Waals surface area contributed by atoms with Gasteiger partial charge >= 0.3 is 11.8 Å². The Morgan fingerprint density at radius 1 is 0.964 bits per heavy atom. The Morgan fingerprint density at radius 3 is 2.43 bits per heavy atom. The number of amides is 2. The van der Waals surface area contributed by atoms with E-state index in [4.69, 9.17) is 0 Å². The van der Waals surface area contributed by atoms with Crippen molar-refractivity contribution in [1.82, 2.24) is 5.32 Å². The molecule has 0 aliphatic rings. The minimum absolute atomic E-state index is 0.0246. The number of hydrogen-bond donors (Lipinski definition) is 3. The number of rotatable bonds is 5. The summed E-state index contributed by atoms with van der Waals surface area (Å²) in [6, 6.07) is 15.5. The molecule has 28 heavy (non-hydrogen) atoms. The number of aliphatic hydroxyl groups excluding tert-OH is 1. The standard InChI is InChI=1S/C20H16F2N2O3S/c21-15-8-6-13(10-16(15)22)24-20(27)19(26)23-11-14-7-9-17(28-14)18(25)12-4-2-1-3-5-12/h1-10,18,25H,11H2,(H,23,26)(H,24,27). The van der Waals surface area contributed by atoms with Crippen molar-refractivity contribution in [3.8, 4) is 0 Å². The summed E-state index contributed by atoms with van der Waals surface area (Å²) < 4.78 is 26.0. The molecule has 5 nitrogen and oxygen atoms in total. The predicted octanol–water partition coefficient (Wildman–Crippen LogP) is 3.36. The number of benzene rings is 2. The van der Waals surface area contributed by atoms with Crippen molar-refractivity contribution in [1.29, 1.82) is 0 Å². The predicted molar refractivity (Wildman–Crippen MR) is 102 cm³/mol. The van der Waals surface area contributed by atoms with Crippen LogP contribution in [-0.2, 0) is 16.1 Å². The topological polar surface area (TPSA) is 78.4 Å². The number of anilines is 1. The molecule has 3 N–H and O–H groups in total. The third-order valence-corrected chi connectivity index (χ3v) is 5.01. The molecule has 1 atom stereocenters. The van der Waals surface area contributed by atoms with E-state index < -0.39 is 29.6 Å². The fourth-order valence-electron chi connectivity index (χ4n) is 2.45. The highest BCUT2D eigenvalue weighted by Crippen LogP contribution is 2.28. The number of carbonyl (C=O) groups is 2. The number of halogens is 2. The van der Waals surface area contributed by atoms with E-state index in [2.05, 4.69) is 10.6 Å². The van der Waals surface area contributed by atoms with Crippen molar-refractivity contribution in [2.75, 3.05) is 5.32 Å². The van der Waals surface area contributed by atoms with Gasteiger partial charge < -0.3 is 15.7 Å². The van der Waals surface area contributed by atoms with Gasteiger partial charge in [0.2, 0.25) is 0 Å². The first-order valence-corrected chi connectivity index (χ1v) is 9.11. The van der Waals surface area contributed by atoms with Crippen LogP contribution < -0.4 is 10.6 Å². The second kappa shape index (κ2) is 8.73. The van der Waals surface area contributed by atoms with Gasteiger partial charge in [0.05, 0.1) is 6.54 Å².